The monoisotopic (exact) mass is 461 g/mol. The van der Waals surface area contributed by atoms with Gasteiger partial charge in [-0.3, -0.25) is 4.90 Å². The summed E-state index contributed by atoms with van der Waals surface area (Å²) in [5.74, 6) is 1.76. The minimum atomic E-state index is -4.23. The van der Waals surface area contributed by atoms with Gasteiger partial charge in [0.25, 0.3) is 0 Å². The fourth-order valence-electron chi connectivity index (χ4n) is 5.01. The van der Waals surface area contributed by atoms with Crippen molar-refractivity contribution in [2.75, 3.05) is 43.4 Å². The molecular weight excluding hydrogens is 435 g/mol. The maximum Gasteiger partial charge on any atom is 0.393 e. The number of hydrogen-bond acceptors (Lipinski definition) is 6. The van der Waals surface area contributed by atoms with Gasteiger partial charge >= 0.3 is 6.18 Å². The van der Waals surface area contributed by atoms with Gasteiger partial charge in [-0.25, -0.2) is 4.98 Å². The van der Waals surface area contributed by atoms with Crippen LogP contribution in [-0.2, 0) is 12.8 Å². The van der Waals surface area contributed by atoms with E-state index < -0.39 is 12.6 Å². The Bertz CT molecular complexity index is 1080. The predicted molar refractivity (Wildman–Crippen MR) is 123 cm³/mol. The lowest BCUT2D eigenvalue weighted by molar-refractivity contribution is -0.126. The Hall–Kier alpha value is -2.39. The van der Waals surface area contributed by atoms with Crippen LogP contribution in [0, 0.1) is 5.92 Å². The van der Waals surface area contributed by atoms with Crippen LogP contribution >= 0.6 is 11.3 Å². The molecule has 170 valence electrons. The highest BCUT2D eigenvalue weighted by Crippen LogP contribution is 2.39. The normalized spacial score (nSPS) is 21.4. The topological polar surface area (TPSA) is 44.3 Å². The van der Waals surface area contributed by atoms with E-state index >= 15 is 0 Å². The molecule has 2 saturated heterocycles. The number of benzene rings is 1. The summed E-state index contributed by atoms with van der Waals surface area (Å²) in [6, 6.07) is 12.6. The van der Waals surface area contributed by atoms with Crippen molar-refractivity contribution in [3.8, 4) is 0 Å². The van der Waals surface area contributed by atoms with E-state index in [2.05, 4.69) is 49.4 Å². The number of anilines is 2. The zero-order chi connectivity index (χ0) is 22.3. The van der Waals surface area contributed by atoms with Crippen LogP contribution in [0.2, 0.25) is 0 Å². The van der Waals surface area contributed by atoms with Crippen LogP contribution in [0.4, 0.5) is 24.9 Å². The molecule has 3 aromatic rings. The van der Waals surface area contributed by atoms with Crippen LogP contribution in [0.25, 0.3) is 10.2 Å². The first-order chi connectivity index (χ1) is 15.4. The number of halogens is 3. The van der Waals surface area contributed by atoms with E-state index in [0.29, 0.717) is 22.7 Å². The molecule has 4 heterocycles. The molecule has 0 saturated carbocycles. The summed E-state index contributed by atoms with van der Waals surface area (Å²) in [6.45, 7) is 3.85. The number of nitrogens with zero attached hydrogens (tertiary/aromatic N) is 4. The van der Waals surface area contributed by atoms with Crippen LogP contribution < -0.4 is 10.2 Å². The van der Waals surface area contributed by atoms with Crippen molar-refractivity contribution in [2.24, 2.45) is 5.92 Å². The zero-order valence-electron chi connectivity index (χ0n) is 17.9. The molecular formula is C23H26F3N5S. The molecule has 0 bridgehead atoms. The van der Waals surface area contributed by atoms with Gasteiger partial charge in [0.15, 0.2) is 0 Å². The molecule has 5 nitrogen and oxygen atoms in total. The van der Waals surface area contributed by atoms with E-state index in [1.807, 2.05) is 6.07 Å². The average molecular weight is 462 g/mol. The molecule has 9 heteroatoms. The number of thiophene rings is 1. The van der Waals surface area contributed by atoms with E-state index in [1.54, 1.807) is 13.1 Å². The molecule has 2 aliphatic heterocycles. The zero-order valence-corrected chi connectivity index (χ0v) is 18.7. The molecule has 0 radical (unpaired) electrons. The van der Waals surface area contributed by atoms with Gasteiger partial charge in [0.2, 0.25) is 5.95 Å². The average Bonchev–Trinajstić information content (AvgIpc) is 3.45. The van der Waals surface area contributed by atoms with Crippen LogP contribution in [0.5, 0.6) is 0 Å². The Morgan fingerprint density at radius 3 is 2.72 bits per heavy atom. The minimum Gasteiger partial charge on any atom is -0.357 e. The van der Waals surface area contributed by atoms with Gasteiger partial charge in [0, 0.05) is 37.6 Å². The second kappa shape index (κ2) is 8.51. The van der Waals surface area contributed by atoms with Gasteiger partial charge in [-0.2, -0.15) is 18.2 Å². The number of alkyl halides is 3. The standard InChI is InChI=1S/C23H26F3N5S/c1-27-22-28-20(18-11-17(12-23(24,25)26)32-21(18)29-22)31-13-16-8-10-30(19(16)14-31)9-7-15-5-3-2-4-6-15/h2-6,11,16,19H,7-10,12-14H2,1H3,(H,27,28,29). The largest absolute Gasteiger partial charge is 0.393 e. The lowest BCUT2D eigenvalue weighted by Crippen LogP contribution is -2.36. The van der Waals surface area contributed by atoms with Gasteiger partial charge in [-0.1, -0.05) is 30.3 Å². The Balaban J connectivity index is 1.36. The molecule has 2 unspecified atom stereocenters. The third-order valence-corrected chi connectivity index (χ3v) is 7.54. The predicted octanol–water partition coefficient (Wildman–Crippen LogP) is 4.59. The summed E-state index contributed by atoms with van der Waals surface area (Å²) in [4.78, 5) is 14.8. The van der Waals surface area contributed by atoms with E-state index in [4.69, 9.17) is 0 Å². The van der Waals surface area contributed by atoms with Crippen molar-refractivity contribution < 1.29 is 13.2 Å². The number of hydrogen-bond donors (Lipinski definition) is 1. The highest BCUT2D eigenvalue weighted by atomic mass is 32.1. The molecule has 0 spiro atoms. The molecule has 2 aliphatic rings. The summed E-state index contributed by atoms with van der Waals surface area (Å²) in [7, 11) is 1.74. The Morgan fingerprint density at radius 2 is 1.97 bits per heavy atom. The summed E-state index contributed by atoms with van der Waals surface area (Å²) < 4.78 is 38.9. The quantitative estimate of drug-likeness (QED) is 0.582. The van der Waals surface area contributed by atoms with Crippen LogP contribution in [-0.4, -0.2) is 60.3 Å². The summed E-state index contributed by atoms with van der Waals surface area (Å²) >= 11 is 1.11. The smallest absolute Gasteiger partial charge is 0.357 e. The van der Waals surface area contributed by atoms with Crippen molar-refractivity contribution in [2.45, 2.75) is 31.5 Å². The molecule has 1 aromatic carbocycles. The minimum absolute atomic E-state index is 0.278. The molecule has 2 fully saturated rings. The Morgan fingerprint density at radius 1 is 1.16 bits per heavy atom. The third-order valence-electron chi connectivity index (χ3n) is 6.51. The maximum atomic E-state index is 13.0. The molecule has 5 rings (SSSR count). The van der Waals surface area contributed by atoms with Crippen molar-refractivity contribution in [1.29, 1.82) is 0 Å². The first-order valence-corrected chi connectivity index (χ1v) is 11.8. The molecule has 1 N–H and O–H groups in total. The molecule has 0 amide bonds. The molecule has 32 heavy (non-hydrogen) atoms. The second-order valence-electron chi connectivity index (χ2n) is 8.64. The Labute approximate surface area is 189 Å². The summed E-state index contributed by atoms with van der Waals surface area (Å²) in [6.07, 6.45) is -2.99. The number of likely N-dealkylation sites (tertiary alicyclic amines) is 1. The first kappa shape index (κ1) is 21.5. The molecule has 2 aromatic heterocycles. The van der Waals surface area contributed by atoms with Crippen molar-refractivity contribution in [3.05, 3.63) is 46.8 Å². The fourth-order valence-corrected chi connectivity index (χ4v) is 6.06. The van der Waals surface area contributed by atoms with Crippen LogP contribution in [0.1, 0.15) is 16.9 Å². The SMILES string of the molecule is CNc1nc(N2CC3CCN(CCc4ccccc4)C3C2)c2cc(CC(F)(F)F)sc2n1. The number of nitrogens with one attached hydrogen (secondary N) is 1. The van der Waals surface area contributed by atoms with E-state index in [0.717, 1.165) is 61.6 Å². The first-order valence-electron chi connectivity index (χ1n) is 11.0. The van der Waals surface area contributed by atoms with Crippen molar-refractivity contribution in [3.63, 3.8) is 0 Å². The van der Waals surface area contributed by atoms with E-state index in [1.165, 1.54) is 5.56 Å². The highest BCUT2D eigenvalue weighted by Gasteiger charge is 2.42. The van der Waals surface area contributed by atoms with Crippen molar-refractivity contribution in [1.82, 2.24) is 14.9 Å². The van der Waals surface area contributed by atoms with Gasteiger partial charge in [0.05, 0.1) is 11.8 Å². The van der Waals surface area contributed by atoms with Gasteiger partial charge in [0.1, 0.15) is 10.6 Å². The summed E-state index contributed by atoms with van der Waals surface area (Å²) in [5.41, 5.74) is 1.34. The van der Waals surface area contributed by atoms with Gasteiger partial charge in [-0.05, 0) is 36.9 Å². The number of rotatable bonds is 6. The molecule has 2 atom stereocenters. The lowest BCUT2D eigenvalue weighted by Gasteiger charge is -2.25. The number of aromatic nitrogens is 2. The molecule has 0 aliphatic carbocycles. The van der Waals surface area contributed by atoms with Crippen LogP contribution in [0.3, 0.4) is 0 Å². The maximum absolute atomic E-state index is 13.0. The van der Waals surface area contributed by atoms with Crippen LogP contribution in [0.15, 0.2) is 36.4 Å². The summed E-state index contributed by atoms with van der Waals surface area (Å²) in [5, 5.41) is 3.69. The second-order valence-corrected chi connectivity index (χ2v) is 9.75. The fraction of sp³-hybridized carbons (Fsp3) is 0.478. The van der Waals surface area contributed by atoms with E-state index in [-0.39, 0.29) is 4.88 Å². The van der Waals surface area contributed by atoms with Gasteiger partial charge < -0.3 is 10.2 Å². The lowest BCUT2D eigenvalue weighted by atomic mass is 10.0. The van der Waals surface area contributed by atoms with Crippen molar-refractivity contribution >= 4 is 33.3 Å². The van der Waals surface area contributed by atoms with E-state index in [9.17, 15) is 13.2 Å². The number of fused-ring (bicyclic) bond motifs is 2. The van der Waals surface area contributed by atoms with Gasteiger partial charge in [-0.15, -0.1) is 11.3 Å². The Kier molecular flexibility index (Phi) is 5.71. The highest BCUT2D eigenvalue weighted by molar-refractivity contribution is 7.18. The third kappa shape index (κ3) is 4.41.